The molecule has 0 radical (unpaired) electrons. The number of hydrogen-bond acceptors (Lipinski definition) is 9. The van der Waals surface area contributed by atoms with Gasteiger partial charge in [0.25, 0.3) is 0 Å². The summed E-state index contributed by atoms with van der Waals surface area (Å²) in [4.78, 5) is 41.6. The summed E-state index contributed by atoms with van der Waals surface area (Å²) in [6.45, 7) is 15.6. The van der Waals surface area contributed by atoms with Gasteiger partial charge in [0.2, 0.25) is 11.9 Å². The molecule has 3 aromatic rings. The lowest BCUT2D eigenvalue weighted by Crippen LogP contribution is -2.58. The van der Waals surface area contributed by atoms with Crippen LogP contribution in [0.2, 0.25) is 0 Å². The Kier molecular flexibility index (Phi) is 8.24. The summed E-state index contributed by atoms with van der Waals surface area (Å²) in [6.07, 6.45) is 3.20. The third kappa shape index (κ3) is 6.75. The Labute approximate surface area is 247 Å². The number of amides is 2. The van der Waals surface area contributed by atoms with Gasteiger partial charge in [-0.05, 0) is 65.0 Å². The Morgan fingerprint density at radius 1 is 0.905 bits per heavy atom. The molecule has 224 valence electrons. The number of nitrogens with one attached hydrogen (secondary N) is 1. The number of benzene rings is 1. The molecule has 0 spiro atoms. The lowest BCUT2D eigenvalue weighted by atomic mass is 10.1. The van der Waals surface area contributed by atoms with Gasteiger partial charge in [0.15, 0.2) is 0 Å². The number of carbonyl (C=O) groups excluding carboxylic acids is 2. The smallest absolute Gasteiger partial charge is 0.410 e. The number of nitrogens with zero attached hydrogens (tertiary/aromatic N) is 8. The van der Waals surface area contributed by atoms with Crippen molar-refractivity contribution in [3.8, 4) is 5.69 Å². The van der Waals surface area contributed by atoms with Gasteiger partial charge >= 0.3 is 6.09 Å². The first-order chi connectivity index (χ1) is 20.0. The van der Waals surface area contributed by atoms with Crippen molar-refractivity contribution in [1.29, 1.82) is 0 Å². The Balaban J connectivity index is 1.18. The molecule has 0 bridgehead atoms. The van der Waals surface area contributed by atoms with Gasteiger partial charge in [0.1, 0.15) is 17.7 Å². The number of pyridine rings is 1. The molecular formula is C30H41N9O3. The topological polar surface area (TPSA) is 112 Å². The summed E-state index contributed by atoms with van der Waals surface area (Å²) >= 11 is 0. The number of aromatic nitrogens is 4. The van der Waals surface area contributed by atoms with Gasteiger partial charge in [0, 0.05) is 81.9 Å². The maximum Gasteiger partial charge on any atom is 0.410 e. The van der Waals surface area contributed by atoms with E-state index in [1.54, 1.807) is 29.0 Å². The van der Waals surface area contributed by atoms with E-state index in [-0.39, 0.29) is 24.1 Å². The molecule has 2 saturated heterocycles. The van der Waals surface area contributed by atoms with Crippen molar-refractivity contribution >= 4 is 35.1 Å². The lowest BCUT2D eigenvalue weighted by Gasteiger charge is -2.44. The van der Waals surface area contributed by atoms with E-state index >= 15 is 0 Å². The SMILES string of the molecule is CC(=O)N1C(C)CN(c2cc(-n3cnc(Nc4ccc(N5CCN(C(=O)OC(C)(C)C)CC5)cc4)n3)ccn2)CC1C. The second kappa shape index (κ2) is 11.9. The molecule has 2 aliphatic rings. The summed E-state index contributed by atoms with van der Waals surface area (Å²) in [6, 6.07) is 12.2. The van der Waals surface area contributed by atoms with Crippen molar-refractivity contribution in [1.82, 2.24) is 29.5 Å². The highest BCUT2D eigenvalue weighted by atomic mass is 16.6. The number of piperazine rings is 2. The van der Waals surface area contributed by atoms with Gasteiger partial charge < -0.3 is 29.7 Å². The molecule has 1 N–H and O–H groups in total. The van der Waals surface area contributed by atoms with Crippen LogP contribution in [0.4, 0.5) is 27.9 Å². The molecule has 2 fully saturated rings. The van der Waals surface area contributed by atoms with Crippen molar-refractivity contribution in [3.05, 3.63) is 48.9 Å². The maximum atomic E-state index is 12.4. The third-order valence-electron chi connectivity index (χ3n) is 7.51. The van der Waals surface area contributed by atoms with Crippen molar-refractivity contribution in [2.24, 2.45) is 0 Å². The molecular weight excluding hydrogens is 534 g/mol. The molecule has 12 nitrogen and oxygen atoms in total. The second-order valence-corrected chi connectivity index (χ2v) is 12.0. The van der Waals surface area contributed by atoms with Gasteiger partial charge in [0.05, 0.1) is 5.69 Å². The summed E-state index contributed by atoms with van der Waals surface area (Å²) in [7, 11) is 0. The van der Waals surface area contributed by atoms with Gasteiger partial charge in [-0.2, -0.15) is 4.98 Å². The molecule has 42 heavy (non-hydrogen) atoms. The van der Waals surface area contributed by atoms with Crippen LogP contribution in [0.5, 0.6) is 0 Å². The zero-order chi connectivity index (χ0) is 30.0. The lowest BCUT2D eigenvalue weighted by molar-refractivity contribution is -0.133. The highest BCUT2D eigenvalue weighted by molar-refractivity contribution is 5.74. The Bertz CT molecular complexity index is 1380. The Morgan fingerprint density at radius 2 is 1.57 bits per heavy atom. The maximum absolute atomic E-state index is 12.4. The van der Waals surface area contributed by atoms with E-state index in [0.29, 0.717) is 19.0 Å². The van der Waals surface area contributed by atoms with E-state index in [0.717, 1.165) is 49.1 Å². The first kappa shape index (κ1) is 29.2. The van der Waals surface area contributed by atoms with Gasteiger partial charge in [-0.15, -0.1) is 5.10 Å². The van der Waals surface area contributed by atoms with E-state index < -0.39 is 5.60 Å². The molecule has 2 aliphatic heterocycles. The number of carbonyl (C=O) groups is 2. The molecule has 2 amide bonds. The Morgan fingerprint density at radius 3 is 2.19 bits per heavy atom. The van der Waals surface area contributed by atoms with E-state index in [2.05, 4.69) is 56.2 Å². The van der Waals surface area contributed by atoms with Crippen LogP contribution in [-0.4, -0.2) is 98.5 Å². The van der Waals surface area contributed by atoms with Crippen molar-refractivity contribution in [3.63, 3.8) is 0 Å². The molecule has 5 rings (SSSR count). The molecule has 12 heteroatoms. The van der Waals surface area contributed by atoms with Crippen LogP contribution in [0.25, 0.3) is 5.69 Å². The van der Waals surface area contributed by atoms with Gasteiger partial charge in [-0.25, -0.2) is 14.5 Å². The highest BCUT2D eigenvalue weighted by Crippen LogP contribution is 2.24. The number of anilines is 4. The minimum atomic E-state index is -0.492. The zero-order valence-electron chi connectivity index (χ0n) is 25.3. The van der Waals surface area contributed by atoms with E-state index in [1.165, 1.54) is 0 Å². The molecule has 4 heterocycles. The normalized spacial score (nSPS) is 19.6. The van der Waals surface area contributed by atoms with Crippen molar-refractivity contribution in [2.75, 3.05) is 54.4 Å². The molecule has 2 atom stereocenters. The Hall–Kier alpha value is -4.35. The summed E-state index contributed by atoms with van der Waals surface area (Å²) < 4.78 is 7.23. The number of ether oxygens (including phenoxy) is 1. The molecule has 2 unspecified atom stereocenters. The van der Waals surface area contributed by atoms with Crippen LogP contribution in [0.3, 0.4) is 0 Å². The fraction of sp³-hybridized carbons (Fsp3) is 0.500. The number of rotatable bonds is 5. The highest BCUT2D eigenvalue weighted by Gasteiger charge is 2.32. The van der Waals surface area contributed by atoms with Crippen LogP contribution in [0, 0.1) is 0 Å². The van der Waals surface area contributed by atoms with E-state index in [1.807, 2.05) is 49.9 Å². The fourth-order valence-electron chi connectivity index (χ4n) is 5.66. The summed E-state index contributed by atoms with van der Waals surface area (Å²) in [5, 5.41) is 7.90. The first-order valence-corrected chi connectivity index (χ1v) is 14.5. The van der Waals surface area contributed by atoms with Gasteiger partial charge in [-0.3, -0.25) is 4.79 Å². The van der Waals surface area contributed by atoms with E-state index in [9.17, 15) is 9.59 Å². The quantitative estimate of drug-likeness (QED) is 0.484. The molecule has 2 aromatic heterocycles. The molecule has 1 aromatic carbocycles. The van der Waals surface area contributed by atoms with Crippen LogP contribution in [0.15, 0.2) is 48.9 Å². The standard InChI is InChI=1S/C30H41N9O3/c1-21-18-37(19-22(2)39(21)23(3)40)27-17-26(11-12-31-27)38-20-32-28(34-38)33-24-7-9-25(10-8-24)35-13-15-36(16-14-35)29(41)42-30(4,5)6/h7-12,17,20-22H,13-16,18-19H2,1-6H3,(H,33,34). The minimum absolute atomic E-state index is 0.103. The monoisotopic (exact) mass is 575 g/mol. The van der Waals surface area contributed by atoms with Crippen LogP contribution < -0.4 is 15.1 Å². The van der Waals surface area contributed by atoms with Crippen LogP contribution >= 0.6 is 0 Å². The van der Waals surface area contributed by atoms with Gasteiger partial charge in [-0.1, -0.05) is 0 Å². The predicted octanol–water partition coefficient (Wildman–Crippen LogP) is 3.91. The predicted molar refractivity (Wildman–Crippen MR) is 163 cm³/mol. The summed E-state index contributed by atoms with van der Waals surface area (Å²) in [5.41, 5.74) is 2.34. The van der Waals surface area contributed by atoms with Crippen molar-refractivity contribution < 1.29 is 14.3 Å². The number of hydrogen-bond donors (Lipinski definition) is 1. The van der Waals surface area contributed by atoms with Crippen LogP contribution in [0.1, 0.15) is 41.5 Å². The molecule has 0 saturated carbocycles. The fourth-order valence-corrected chi connectivity index (χ4v) is 5.66. The van der Waals surface area contributed by atoms with E-state index in [4.69, 9.17) is 4.74 Å². The third-order valence-corrected chi connectivity index (χ3v) is 7.51. The average Bonchev–Trinajstić information content (AvgIpc) is 3.41. The minimum Gasteiger partial charge on any atom is -0.444 e. The second-order valence-electron chi connectivity index (χ2n) is 12.0. The van der Waals surface area contributed by atoms with Crippen LogP contribution in [-0.2, 0) is 9.53 Å². The molecule has 0 aliphatic carbocycles. The zero-order valence-corrected chi connectivity index (χ0v) is 25.3. The largest absolute Gasteiger partial charge is 0.444 e. The van der Waals surface area contributed by atoms with Crippen molar-refractivity contribution in [2.45, 2.75) is 59.2 Å². The summed E-state index contributed by atoms with van der Waals surface area (Å²) in [5.74, 6) is 1.44. The first-order valence-electron chi connectivity index (χ1n) is 14.5. The average molecular weight is 576 g/mol.